The first-order valence-corrected chi connectivity index (χ1v) is 4.53. The molecule has 15 heavy (non-hydrogen) atoms. The van der Waals surface area contributed by atoms with Crippen molar-refractivity contribution >= 4 is 5.78 Å². The molecule has 1 N–H and O–H groups in total. The number of aromatic amines is 1. The number of H-pyrrole nitrogens is 1. The van der Waals surface area contributed by atoms with Crippen molar-refractivity contribution in [2.24, 2.45) is 0 Å². The van der Waals surface area contributed by atoms with Crippen molar-refractivity contribution < 1.29 is 9.18 Å². The van der Waals surface area contributed by atoms with E-state index in [-0.39, 0.29) is 12.2 Å². The molecule has 3 nitrogen and oxygen atoms in total. The molecule has 76 valence electrons. The summed E-state index contributed by atoms with van der Waals surface area (Å²) in [5.41, 5.74) is 0.367. The van der Waals surface area contributed by atoms with Gasteiger partial charge >= 0.3 is 0 Å². The third kappa shape index (κ3) is 2.28. The van der Waals surface area contributed by atoms with E-state index in [1.807, 2.05) is 0 Å². The zero-order valence-corrected chi connectivity index (χ0v) is 7.90. The molecule has 0 radical (unpaired) electrons. The maximum atomic E-state index is 12.8. The predicted molar refractivity (Wildman–Crippen MR) is 53.0 cm³/mol. The minimum absolute atomic E-state index is 0.149. The number of Topliss-reactive ketones (excluding diaryl/α,β-unsaturated/α-hetero) is 1. The van der Waals surface area contributed by atoms with Crippen molar-refractivity contribution in [3.63, 3.8) is 0 Å². The van der Waals surface area contributed by atoms with E-state index < -0.39 is 5.82 Å². The van der Waals surface area contributed by atoms with Gasteiger partial charge < -0.3 is 4.98 Å². The minimum atomic E-state index is -0.403. The highest BCUT2D eigenvalue weighted by Gasteiger charge is 2.08. The molecule has 0 atom stereocenters. The van der Waals surface area contributed by atoms with Crippen LogP contribution in [-0.4, -0.2) is 15.8 Å². The van der Waals surface area contributed by atoms with E-state index in [4.69, 9.17) is 0 Å². The summed E-state index contributed by atoms with van der Waals surface area (Å²) in [6, 6.07) is 5.65. The van der Waals surface area contributed by atoms with E-state index in [0.29, 0.717) is 11.4 Å². The maximum absolute atomic E-state index is 12.8. The number of nitrogens with one attached hydrogen (secondary N) is 1. The smallest absolute Gasteiger partial charge is 0.170 e. The summed E-state index contributed by atoms with van der Waals surface area (Å²) in [6.45, 7) is 0. The van der Waals surface area contributed by atoms with Crippen LogP contribution in [0.3, 0.4) is 0 Å². The highest BCUT2D eigenvalue weighted by atomic mass is 19.1. The summed E-state index contributed by atoms with van der Waals surface area (Å²) in [7, 11) is 0. The van der Waals surface area contributed by atoms with Crippen LogP contribution in [0, 0.1) is 5.82 Å². The summed E-state index contributed by atoms with van der Waals surface area (Å²) in [5.74, 6) is 0.0361. The number of hydrogen-bond acceptors (Lipinski definition) is 2. The molecule has 1 aromatic heterocycles. The Morgan fingerprint density at radius 1 is 1.47 bits per heavy atom. The SMILES string of the molecule is O=C(Cc1ncc[nH]1)c1cccc(F)c1. The number of aromatic nitrogens is 2. The Labute approximate surface area is 86.0 Å². The van der Waals surface area contributed by atoms with Crippen LogP contribution in [-0.2, 0) is 6.42 Å². The lowest BCUT2D eigenvalue weighted by Gasteiger charge is -1.98. The Morgan fingerprint density at radius 3 is 3.00 bits per heavy atom. The molecule has 0 spiro atoms. The van der Waals surface area contributed by atoms with Gasteiger partial charge in [0.25, 0.3) is 0 Å². The number of imidazole rings is 1. The second kappa shape index (κ2) is 4.04. The first kappa shape index (κ1) is 9.58. The van der Waals surface area contributed by atoms with Crippen LogP contribution in [0.25, 0.3) is 0 Å². The van der Waals surface area contributed by atoms with Gasteiger partial charge in [0.1, 0.15) is 11.6 Å². The van der Waals surface area contributed by atoms with Gasteiger partial charge in [0.15, 0.2) is 5.78 Å². The van der Waals surface area contributed by atoms with Crippen LogP contribution in [0.5, 0.6) is 0 Å². The standard InChI is InChI=1S/C11H9FN2O/c12-9-3-1-2-8(6-9)10(15)7-11-13-4-5-14-11/h1-6H,7H2,(H,13,14). The molecule has 0 bridgehead atoms. The van der Waals surface area contributed by atoms with Crippen LogP contribution >= 0.6 is 0 Å². The number of rotatable bonds is 3. The molecule has 0 fully saturated rings. The highest BCUT2D eigenvalue weighted by molar-refractivity contribution is 5.97. The van der Waals surface area contributed by atoms with Gasteiger partial charge in [0.05, 0.1) is 6.42 Å². The topological polar surface area (TPSA) is 45.8 Å². The Balaban J connectivity index is 2.15. The first-order valence-electron chi connectivity index (χ1n) is 4.53. The van der Waals surface area contributed by atoms with E-state index in [2.05, 4.69) is 9.97 Å². The monoisotopic (exact) mass is 204 g/mol. The largest absolute Gasteiger partial charge is 0.348 e. The van der Waals surface area contributed by atoms with E-state index in [9.17, 15) is 9.18 Å². The average molecular weight is 204 g/mol. The third-order valence-electron chi connectivity index (χ3n) is 2.03. The van der Waals surface area contributed by atoms with Crippen molar-refractivity contribution in [2.45, 2.75) is 6.42 Å². The molecule has 1 aromatic carbocycles. The van der Waals surface area contributed by atoms with E-state index >= 15 is 0 Å². The molecular weight excluding hydrogens is 195 g/mol. The summed E-state index contributed by atoms with van der Waals surface area (Å²) >= 11 is 0. The molecular formula is C11H9FN2O. The lowest BCUT2D eigenvalue weighted by atomic mass is 10.1. The van der Waals surface area contributed by atoms with Crippen molar-refractivity contribution in [1.29, 1.82) is 0 Å². The zero-order chi connectivity index (χ0) is 10.7. The second-order valence-electron chi connectivity index (χ2n) is 3.15. The minimum Gasteiger partial charge on any atom is -0.348 e. The van der Waals surface area contributed by atoms with Gasteiger partial charge in [-0.05, 0) is 12.1 Å². The summed E-state index contributed by atoms with van der Waals surface area (Å²) in [6.07, 6.45) is 3.39. The van der Waals surface area contributed by atoms with Gasteiger partial charge in [-0.15, -0.1) is 0 Å². The fourth-order valence-corrected chi connectivity index (χ4v) is 1.31. The number of nitrogens with zero attached hydrogens (tertiary/aromatic N) is 1. The molecule has 2 rings (SSSR count). The van der Waals surface area contributed by atoms with Gasteiger partial charge in [0, 0.05) is 18.0 Å². The third-order valence-corrected chi connectivity index (χ3v) is 2.03. The normalized spacial score (nSPS) is 10.2. The van der Waals surface area contributed by atoms with Crippen LogP contribution < -0.4 is 0 Å². The predicted octanol–water partition coefficient (Wildman–Crippen LogP) is 1.97. The average Bonchev–Trinajstić information content (AvgIpc) is 2.70. The Bertz CT molecular complexity index is 465. The summed E-state index contributed by atoms with van der Waals surface area (Å²) in [5, 5.41) is 0. The fourth-order valence-electron chi connectivity index (χ4n) is 1.31. The van der Waals surface area contributed by atoms with Gasteiger partial charge in [0.2, 0.25) is 0 Å². The molecule has 2 aromatic rings. The van der Waals surface area contributed by atoms with Crippen LogP contribution in [0.2, 0.25) is 0 Å². The number of hydrogen-bond donors (Lipinski definition) is 1. The molecule has 0 aliphatic carbocycles. The lowest BCUT2D eigenvalue weighted by molar-refractivity contribution is 0.0990. The Hall–Kier alpha value is -1.97. The highest BCUT2D eigenvalue weighted by Crippen LogP contribution is 2.06. The number of carbonyl (C=O) groups is 1. The molecule has 0 amide bonds. The quantitative estimate of drug-likeness (QED) is 0.777. The molecule has 0 saturated carbocycles. The van der Waals surface area contributed by atoms with Crippen molar-refractivity contribution in [2.75, 3.05) is 0 Å². The molecule has 4 heteroatoms. The van der Waals surface area contributed by atoms with Crippen LogP contribution in [0.15, 0.2) is 36.7 Å². The number of halogens is 1. The van der Waals surface area contributed by atoms with Crippen molar-refractivity contribution in [3.8, 4) is 0 Å². The number of benzene rings is 1. The van der Waals surface area contributed by atoms with Crippen molar-refractivity contribution in [1.82, 2.24) is 9.97 Å². The van der Waals surface area contributed by atoms with Gasteiger partial charge in [-0.25, -0.2) is 9.37 Å². The second-order valence-corrected chi connectivity index (χ2v) is 3.15. The Kier molecular flexibility index (Phi) is 2.58. The van der Waals surface area contributed by atoms with E-state index in [1.54, 1.807) is 18.5 Å². The number of carbonyl (C=O) groups excluding carboxylic acids is 1. The van der Waals surface area contributed by atoms with E-state index in [1.165, 1.54) is 18.2 Å². The van der Waals surface area contributed by atoms with Crippen LogP contribution in [0.1, 0.15) is 16.2 Å². The lowest BCUT2D eigenvalue weighted by Crippen LogP contribution is -2.05. The number of ketones is 1. The molecule has 0 aliphatic rings. The molecule has 1 heterocycles. The fraction of sp³-hybridized carbons (Fsp3) is 0.0909. The summed E-state index contributed by atoms with van der Waals surface area (Å²) in [4.78, 5) is 18.4. The molecule has 0 saturated heterocycles. The van der Waals surface area contributed by atoms with Gasteiger partial charge in [-0.1, -0.05) is 12.1 Å². The Morgan fingerprint density at radius 2 is 2.33 bits per heavy atom. The van der Waals surface area contributed by atoms with Crippen molar-refractivity contribution in [3.05, 3.63) is 53.9 Å². The first-order chi connectivity index (χ1) is 7.25. The molecule has 0 unspecified atom stereocenters. The van der Waals surface area contributed by atoms with Gasteiger partial charge in [-0.3, -0.25) is 4.79 Å². The maximum Gasteiger partial charge on any atom is 0.170 e. The zero-order valence-electron chi connectivity index (χ0n) is 7.90. The van der Waals surface area contributed by atoms with Crippen LogP contribution in [0.4, 0.5) is 4.39 Å². The van der Waals surface area contributed by atoms with Gasteiger partial charge in [-0.2, -0.15) is 0 Å². The van der Waals surface area contributed by atoms with E-state index in [0.717, 1.165) is 0 Å². The summed E-state index contributed by atoms with van der Waals surface area (Å²) < 4.78 is 12.8. The molecule has 0 aliphatic heterocycles.